The van der Waals surface area contributed by atoms with E-state index in [0.29, 0.717) is 0 Å². The number of carbonyl (C=O) groups is 1. The molecule has 2 heterocycles. The van der Waals surface area contributed by atoms with Crippen LogP contribution in [-0.2, 0) is 14.6 Å². The van der Waals surface area contributed by atoms with Crippen LogP contribution in [0.3, 0.4) is 0 Å². The Bertz CT molecular complexity index is 775. The molecule has 6 nitrogen and oxygen atoms in total. The van der Waals surface area contributed by atoms with Crippen molar-refractivity contribution in [2.24, 2.45) is 0 Å². The Hall–Kier alpha value is -1.74. The van der Waals surface area contributed by atoms with E-state index in [2.05, 4.69) is 9.97 Å². The van der Waals surface area contributed by atoms with Gasteiger partial charge in [0.15, 0.2) is 7.85 Å². The molecule has 2 aromatic heterocycles. The van der Waals surface area contributed by atoms with Crippen LogP contribution >= 0.6 is 11.3 Å². The highest BCUT2D eigenvalue weighted by atomic mass is 32.2. The largest absolute Gasteiger partial charge is 0.306 e. The smallest absolute Gasteiger partial charge is 0.228 e. The van der Waals surface area contributed by atoms with Crippen LogP contribution in [0.1, 0.15) is 6.42 Å². The minimum Gasteiger partial charge on any atom is -0.306 e. The van der Waals surface area contributed by atoms with Gasteiger partial charge in [0, 0.05) is 43.3 Å². The number of aromatic nitrogens is 2. The molecule has 0 aliphatic heterocycles. The van der Waals surface area contributed by atoms with E-state index in [-0.39, 0.29) is 18.1 Å². The number of pyridine rings is 1. The summed E-state index contributed by atoms with van der Waals surface area (Å²) in [5, 5.41) is 1.50. The van der Waals surface area contributed by atoms with Crippen molar-refractivity contribution >= 4 is 45.5 Å². The highest BCUT2D eigenvalue weighted by Crippen LogP contribution is 2.28. The van der Waals surface area contributed by atoms with Crippen molar-refractivity contribution in [3.05, 3.63) is 24.5 Å². The molecule has 0 bridgehead atoms. The van der Waals surface area contributed by atoms with Gasteiger partial charge in [-0.1, -0.05) is 11.3 Å². The first kappa shape index (κ1) is 16.6. The summed E-state index contributed by atoms with van der Waals surface area (Å²) >= 11 is 1.39. The predicted molar refractivity (Wildman–Crippen MR) is 91.3 cm³/mol. The lowest BCUT2D eigenvalue weighted by molar-refractivity contribution is -0.117. The summed E-state index contributed by atoms with van der Waals surface area (Å²) in [5.41, 5.74) is 1.62. The van der Waals surface area contributed by atoms with Crippen LogP contribution < -0.4 is 10.5 Å². The number of rotatable bonds is 5. The highest BCUT2D eigenvalue weighted by molar-refractivity contribution is 7.90. The Morgan fingerprint density at radius 2 is 2.18 bits per heavy atom. The topological polar surface area (TPSA) is 80.2 Å². The Morgan fingerprint density at radius 1 is 1.45 bits per heavy atom. The summed E-state index contributed by atoms with van der Waals surface area (Å²) < 4.78 is 22.3. The maximum Gasteiger partial charge on any atom is 0.228 e. The van der Waals surface area contributed by atoms with E-state index in [9.17, 15) is 13.2 Å². The summed E-state index contributed by atoms with van der Waals surface area (Å²) in [6.45, 7) is 0. The summed E-state index contributed by atoms with van der Waals surface area (Å²) in [6.07, 6.45) is 4.49. The number of sulfone groups is 1. The molecule has 0 saturated carbocycles. The summed E-state index contributed by atoms with van der Waals surface area (Å²) in [7, 11) is 0.312. The zero-order chi connectivity index (χ0) is 16.3. The van der Waals surface area contributed by atoms with E-state index in [4.69, 9.17) is 0 Å². The third-order valence-electron chi connectivity index (χ3n) is 3.05. The molecule has 0 unspecified atom stereocenters. The number of hydrogen-bond donors (Lipinski definition) is 0. The summed E-state index contributed by atoms with van der Waals surface area (Å²) in [4.78, 5) is 22.1. The van der Waals surface area contributed by atoms with Gasteiger partial charge >= 0.3 is 0 Å². The number of nitrogens with zero attached hydrogens (tertiary/aromatic N) is 3. The second kappa shape index (κ2) is 6.57. The number of anilines is 1. The van der Waals surface area contributed by atoms with Crippen LogP contribution in [0.4, 0.5) is 5.00 Å². The SMILES string of the molecule is Bc1nc(-c2cccnc2)sc1N(C)C(=O)CCS(C)(=O)=O. The molecular weight excluding hydrogens is 321 g/mol. The standard InChI is InChI=1S/C13H16BN3O3S2/c1-17(10(18)5-7-22(2,19)20)13-11(14)16-12(21-13)9-4-3-6-15-8-9/h3-4,6,8H,5,7,14H2,1-2H3. The monoisotopic (exact) mass is 337 g/mol. The zero-order valence-electron chi connectivity index (χ0n) is 12.6. The molecule has 0 aromatic carbocycles. The average molecular weight is 337 g/mol. The van der Waals surface area contributed by atoms with Gasteiger partial charge in [0.2, 0.25) is 5.91 Å². The van der Waals surface area contributed by atoms with Gasteiger partial charge in [-0.05, 0) is 12.1 Å². The maximum absolute atomic E-state index is 12.1. The molecule has 0 fully saturated rings. The van der Waals surface area contributed by atoms with Crippen LogP contribution in [0.25, 0.3) is 10.6 Å². The van der Waals surface area contributed by atoms with Crippen LogP contribution in [0.15, 0.2) is 24.5 Å². The molecule has 2 rings (SSSR count). The van der Waals surface area contributed by atoms with Gasteiger partial charge in [-0.3, -0.25) is 9.78 Å². The van der Waals surface area contributed by atoms with E-state index < -0.39 is 9.84 Å². The van der Waals surface area contributed by atoms with Crippen molar-refractivity contribution in [1.29, 1.82) is 0 Å². The highest BCUT2D eigenvalue weighted by Gasteiger charge is 2.19. The van der Waals surface area contributed by atoms with Crippen molar-refractivity contribution in [3.63, 3.8) is 0 Å². The molecule has 22 heavy (non-hydrogen) atoms. The molecule has 9 heteroatoms. The Kier molecular flexibility index (Phi) is 4.97. The van der Waals surface area contributed by atoms with Gasteiger partial charge in [0.05, 0.1) is 5.75 Å². The zero-order valence-corrected chi connectivity index (χ0v) is 14.2. The predicted octanol–water partition coefficient (Wildman–Crippen LogP) is -0.139. The van der Waals surface area contributed by atoms with Crippen molar-refractivity contribution in [2.45, 2.75) is 6.42 Å². The molecule has 0 radical (unpaired) electrons. The van der Waals surface area contributed by atoms with Crippen LogP contribution in [0, 0.1) is 0 Å². The molecule has 2 aromatic rings. The summed E-state index contributed by atoms with van der Waals surface area (Å²) in [6, 6.07) is 3.73. The minimum atomic E-state index is -3.15. The van der Waals surface area contributed by atoms with Gasteiger partial charge in [-0.2, -0.15) is 0 Å². The van der Waals surface area contributed by atoms with Crippen LogP contribution in [0.2, 0.25) is 0 Å². The fourth-order valence-corrected chi connectivity index (χ4v) is 3.45. The number of thiazole rings is 1. The quantitative estimate of drug-likeness (QED) is 0.710. The molecule has 0 saturated heterocycles. The Labute approximate surface area is 134 Å². The number of amides is 1. The molecule has 0 aliphatic carbocycles. The second-order valence-corrected chi connectivity index (χ2v) is 8.22. The average Bonchev–Trinajstić information content (AvgIpc) is 2.86. The Balaban J connectivity index is 2.19. The fourth-order valence-electron chi connectivity index (χ4n) is 1.87. The molecule has 0 atom stereocenters. The Morgan fingerprint density at radius 3 is 2.77 bits per heavy atom. The van der Waals surface area contributed by atoms with Gasteiger partial charge in [0.25, 0.3) is 0 Å². The van der Waals surface area contributed by atoms with Crippen molar-refractivity contribution in [3.8, 4) is 10.6 Å². The van der Waals surface area contributed by atoms with Gasteiger partial charge in [0.1, 0.15) is 19.8 Å². The van der Waals surface area contributed by atoms with Gasteiger partial charge in [-0.25, -0.2) is 13.4 Å². The van der Waals surface area contributed by atoms with E-state index in [0.717, 1.165) is 27.4 Å². The first-order chi connectivity index (χ1) is 10.3. The molecule has 0 spiro atoms. The van der Waals surface area contributed by atoms with Crippen molar-refractivity contribution < 1.29 is 13.2 Å². The molecular formula is C13H16BN3O3S2. The van der Waals surface area contributed by atoms with Gasteiger partial charge in [-0.15, -0.1) is 0 Å². The first-order valence-electron chi connectivity index (χ1n) is 6.60. The van der Waals surface area contributed by atoms with E-state index in [1.165, 1.54) is 16.2 Å². The number of hydrogen-bond acceptors (Lipinski definition) is 6. The lowest BCUT2D eigenvalue weighted by Gasteiger charge is -2.15. The van der Waals surface area contributed by atoms with Gasteiger partial charge < -0.3 is 4.90 Å². The molecule has 0 N–H and O–H groups in total. The second-order valence-electron chi connectivity index (χ2n) is 4.98. The maximum atomic E-state index is 12.1. The lowest BCUT2D eigenvalue weighted by atomic mass is 10.1. The third-order valence-corrected chi connectivity index (χ3v) is 5.27. The normalized spacial score (nSPS) is 11.4. The van der Waals surface area contributed by atoms with E-state index in [1.54, 1.807) is 19.4 Å². The van der Waals surface area contributed by atoms with E-state index in [1.807, 2.05) is 20.0 Å². The minimum absolute atomic E-state index is 0.0328. The first-order valence-corrected chi connectivity index (χ1v) is 9.48. The fraction of sp³-hybridized carbons (Fsp3) is 0.308. The van der Waals surface area contributed by atoms with Crippen molar-refractivity contribution in [2.75, 3.05) is 24.0 Å². The van der Waals surface area contributed by atoms with E-state index >= 15 is 0 Å². The molecule has 0 aliphatic rings. The van der Waals surface area contributed by atoms with Crippen LogP contribution in [-0.4, -0.2) is 51.2 Å². The number of carbonyl (C=O) groups excluding carboxylic acids is 1. The summed E-state index contributed by atoms with van der Waals surface area (Å²) in [5.74, 6) is -0.390. The lowest BCUT2D eigenvalue weighted by Crippen LogP contribution is -2.30. The molecule has 116 valence electrons. The van der Waals surface area contributed by atoms with Crippen molar-refractivity contribution in [1.82, 2.24) is 9.97 Å². The third kappa shape index (κ3) is 4.14. The molecule has 1 amide bonds. The van der Waals surface area contributed by atoms with Crippen LogP contribution in [0.5, 0.6) is 0 Å².